The van der Waals surface area contributed by atoms with E-state index in [0.29, 0.717) is 5.69 Å². The Kier molecular flexibility index (Phi) is 4.29. The Labute approximate surface area is 116 Å². The lowest BCUT2D eigenvalue weighted by Crippen LogP contribution is -2.09. The summed E-state index contributed by atoms with van der Waals surface area (Å²) in [6, 6.07) is 17.0. The molecule has 0 saturated heterocycles. The van der Waals surface area contributed by atoms with E-state index < -0.39 is 11.9 Å². The predicted octanol–water partition coefficient (Wildman–Crippen LogP) is 2.93. The molecule has 0 aliphatic heterocycles. The maximum atomic E-state index is 11.6. The SMILES string of the molecule is O=C(O)C=CC(=O)Nc1ccccc1-c1ccccc1. The number of nitrogens with one attached hydrogen (secondary N) is 1. The third-order valence-electron chi connectivity index (χ3n) is 2.65. The summed E-state index contributed by atoms with van der Waals surface area (Å²) in [6.45, 7) is 0. The van der Waals surface area contributed by atoms with E-state index >= 15 is 0 Å². The first-order valence-corrected chi connectivity index (χ1v) is 6.03. The van der Waals surface area contributed by atoms with Crippen LogP contribution in [0.2, 0.25) is 0 Å². The van der Waals surface area contributed by atoms with Crippen LogP contribution < -0.4 is 5.32 Å². The van der Waals surface area contributed by atoms with Crippen LogP contribution in [0.4, 0.5) is 5.69 Å². The summed E-state index contributed by atoms with van der Waals surface area (Å²) >= 11 is 0. The molecule has 0 radical (unpaired) electrons. The number of carboxylic acid groups (broad SMARTS) is 1. The minimum atomic E-state index is -1.16. The minimum absolute atomic E-state index is 0.476. The van der Waals surface area contributed by atoms with Gasteiger partial charge in [0.25, 0.3) is 0 Å². The van der Waals surface area contributed by atoms with Crippen molar-refractivity contribution in [2.75, 3.05) is 5.32 Å². The van der Waals surface area contributed by atoms with Gasteiger partial charge in [0.15, 0.2) is 0 Å². The van der Waals surface area contributed by atoms with Gasteiger partial charge in [-0.3, -0.25) is 4.79 Å². The first kappa shape index (κ1) is 13.5. The van der Waals surface area contributed by atoms with Crippen LogP contribution in [-0.4, -0.2) is 17.0 Å². The van der Waals surface area contributed by atoms with E-state index in [-0.39, 0.29) is 0 Å². The molecule has 20 heavy (non-hydrogen) atoms. The lowest BCUT2D eigenvalue weighted by Gasteiger charge is -2.09. The number of aliphatic carboxylic acids is 1. The van der Waals surface area contributed by atoms with E-state index in [0.717, 1.165) is 23.3 Å². The molecular weight excluding hydrogens is 254 g/mol. The van der Waals surface area contributed by atoms with Crippen LogP contribution in [0.15, 0.2) is 66.7 Å². The fraction of sp³-hybridized carbons (Fsp3) is 0. The van der Waals surface area contributed by atoms with Crippen molar-refractivity contribution in [1.82, 2.24) is 0 Å². The Morgan fingerprint density at radius 3 is 2.25 bits per heavy atom. The molecular formula is C16H13NO3. The summed E-state index contributed by atoms with van der Waals surface area (Å²) in [7, 11) is 0. The highest BCUT2D eigenvalue weighted by Gasteiger charge is 2.06. The number of rotatable bonds is 4. The highest BCUT2D eigenvalue weighted by Crippen LogP contribution is 2.27. The van der Waals surface area contributed by atoms with Gasteiger partial charge in [0.2, 0.25) is 5.91 Å². The van der Waals surface area contributed by atoms with Gasteiger partial charge < -0.3 is 10.4 Å². The first-order valence-electron chi connectivity index (χ1n) is 6.03. The van der Waals surface area contributed by atoms with Crippen molar-refractivity contribution in [3.63, 3.8) is 0 Å². The number of anilines is 1. The van der Waals surface area contributed by atoms with Crippen molar-refractivity contribution >= 4 is 17.6 Å². The Morgan fingerprint density at radius 2 is 1.55 bits per heavy atom. The Bertz CT molecular complexity index is 648. The molecule has 2 N–H and O–H groups in total. The molecule has 0 aromatic heterocycles. The number of carboxylic acids is 1. The van der Waals surface area contributed by atoms with Gasteiger partial charge in [-0.25, -0.2) is 4.79 Å². The van der Waals surface area contributed by atoms with E-state index in [1.807, 2.05) is 48.5 Å². The average molecular weight is 267 g/mol. The number of benzene rings is 2. The van der Waals surface area contributed by atoms with Crippen LogP contribution in [0.5, 0.6) is 0 Å². The fourth-order valence-corrected chi connectivity index (χ4v) is 1.78. The molecule has 0 bridgehead atoms. The normalized spacial score (nSPS) is 10.4. The van der Waals surface area contributed by atoms with Gasteiger partial charge in [-0.1, -0.05) is 48.5 Å². The molecule has 0 unspecified atom stereocenters. The maximum absolute atomic E-state index is 11.6. The second-order valence-corrected chi connectivity index (χ2v) is 4.07. The van der Waals surface area contributed by atoms with Gasteiger partial charge in [0, 0.05) is 23.4 Å². The number of hydrogen-bond acceptors (Lipinski definition) is 2. The number of amides is 1. The molecule has 4 nitrogen and oxygen atoms in total. The Balaban J connectivity index is 2.25. The number of hydrogen-bond donors (Lipinski definition) is 2. The second kappa shape index (κ2) is 6.33. The highest BCUT2D eigenvalue weighted by atomic mass is 16.4. The summed E-state index contributed by atoms with van der Waals surface area (Å²) < 4.78 is 0. The lowest BCUT2D eigenvalue weighted by molar-refractivity contribution is -0.131. The van der Waals surface area contributed by atoms with E-state index in [2.05, 4.69) is 5.32 Å². The molecule has 1 amide bonds. The van der Waals surface area contributed by atoms with Crippen molar-refractivity contribution in [3.8, 4) is 11.1 Å². The first-order chi connectivity index (χ1) is 9.66. The van der Waals surface area contributed by atoms with Gasteiger partial charge in [0.1, 0.15) is 0 Å². The van der Waals surface area contributed by atoms with Crippen molar-refractivity contribution in [2.24, 2.45) is 0 Å². The molecule has 0 fully saturated rings. The Hall–Kier alpha value is -2.88. The van der Waals surface area contributed by atoms with E-state index in [9.17, 15) is 9.59 Å². The third kappa shape index (κ3) is 3.55. The van der Waals surface area contributed by atoms with E-state index in [1.165, 1.54) is 0 Å². The summed E-state index contributed by atoms with van der Waals surface area (Å²) in [6.07, 6.45) is 1.80. The molecule has 0 spiro atoms. The van der Waals surface area contributed by atoms with Gasteiger partial charge in [0.05, 0.1) is 0 Å². The van der Waals surface area contributed by atoms with Gasteiger partial charge in [-0.15, -0.1) is 0 Å². The van der Waals surface area contributed by atoms with Crippen molar-refractivity contribution in [3.05, 3.63) is 66.7 Å². The van der Waals surface area contributed by atoms with Crippen LogP contribution in [0.1, 0.15) is 0 Å². The van der Waals surface area contributed by atoms with Crippen LogP contribution in [0, 0.1) is 0 Å². The number of carbonyl (C=O) groups excluding carboxylic acids is 1. The molecule has 2 rings (SSSR count). The second-order valence-electron chi connectivity index (χ2n) is 4.07. The summed E-state index contributed by atoms with van der Waals surface area (Å²) in [4.78, 5) is 22.0. The quantitative estimate of drug-likeness (QED) is 0.837. The largest absolute Gasteiger partial charge is 0.478 e. The van der Waals surface area contributed by atoms with Crippen LogP contribution in [-0.2, 0) is 9.59 Å². The molecule has 0 heterocycles. The molecule has 0 aliphatic rings. The van der Waals surface area contributed by atoms with Crippen molar-refractivity contribution < 1.29 is 14.7 Å². The number of para-hydroxylation sites is 1. The Morgan fingerprint density at radius 1 is 0.900 bits per heavy atom. The lowest BCUT2D eigenvalue weighted by atomic mass is 10.0. The topological polar surface area (TPSA) is 66.4 Å². The predicted molar refractivity (Wildman–Crippen MR) is 77.3 cm³/mol. The van der Waals surface area contributed by atoms with E-state index in [1.54, 1.807) is 6.07 Å². The molecule has 100 valence electrons. The number of carbonyl (C=O) groups is 2. The summed E-state index contributed by atoms with van der Waals surface area (Å²) in [5.41, 5.74) is 2.49. The van der Waals surface area contributed by atoms with Crippen LogP contribution in [0.25, 0.3) is 11.1 Å². The molecule has 2 aromatic carbocycles. The minimum Gasteiger partial charge on any atom is -0.478 e. The van der Waals surface area contributed by atoms with Crippen molar-refractivity contribution in [2.45, 2.75) is 0 Å². The standard InChI is InChI=1S/C16H13NO3/c18-15(10-11-16(19)20)17-14-9-5-4-8-13(14)12-6-2-1-3-7-12/h1-11H,(H,17,18)(H,19,20). The molecule has 4 heteroatoms. The zero-order valence-corrected chi connectivity index (χ0v) is 10.6. The van der Waals surface area contributed by atoms with Crippen LogP contribution in [0.3, 0.4) is 0 Å². The van der Waals surface area contributed by atoms with Gasteiger partial charge >= 0.3 is 5.97 Å². The average Bonchev–Trinajstić information content (AvgIpc) is 2.47. The smallest absolute Gasteiger partial charge is 0.328 e. The monoisotopic (exact) mass is 267 g/mol. The molecule has 0 aliphatic carbocycles. The molecule has 0 saturated carbocycles. The van der Waals surface area contributed by atoms with Gasteiger partial charge in [-0.05, 0) is 11.6 Å². The molecule has 0 atom stereocenters. The van der Waals surface area contributed by atoms with E-state index in [4.69, 9.17) is 5.11 Å². The molecule has 2 aromatic rings. The maximum Gasteiger partial charge on any atom is 0.328 e. The third-order valence-corrected chi connectivity index (χ3v) is 2.65. The zero-order chi connectivity index (χ0) is 14.4. The summed E-state index contributed by atoms with van der Waals surface area (Å²) in [5.74, 6) is -1.63. The fourth-order valence-electron chi connectivity index (χ4n) is 1.78. The van der Waals surface area contributed by atoms with Crippen LogP contribution >= 0.6 is 0 Å². The zero-order valence-electron chi connectivity index (χ0n) is 10.6. The highest BCUT2D eigenvalue weighted by molar-refractivity contribution is 6.04. The van der Waals surface area contributed by atoms with Crippen molar-refractivity contribution in [1.29, 1.82) is 0 Å². The van der Waals surface area contributed by atoms with Gasteiger partial charge in [-0.2, -0.15) is 0 Å². The summed E-state index contributed by atoms with van der Waals surface area (Å²) in [5, 5.41) is 11.2.